The summed E-state index contributed by atoms with van der Waals surface area (Å²) in [5, 5.41) is 12.2. The Bertz CT molecular complexity index is 612. The molecule has 25 heavy (non-hydrogen) atoms. The number of anilines is 1. The summed E-state index contributed by atoms with van der Waals surface area (Å²) in [6.07, 6.45) is 13.5. The summed E-state index contributed by atoms with van der Waals surface area (Å²) in [6.45, 7) is 2.28. The number of nitrogens with zero attached hydrogens (tertiary/aromatic N) is 2. The van der Waals surface area contributed by atoms with Crippen LogP contribution >= 0.6 is 22.6 Å². The van der Waals surface area contributed by atoms with Crippen molar-refractivity contribution < 1.29 is 9.90 Å². The standard InChI is InChI=1S/C19H26IN3O2/c20-19(10-2-1-3-11-19)23-12-4-5-16(14-23)22-17-8-6-15(13-21-17)7-9-18(24)25/h6-9,13,16H,1-5,10-12,14H2,(H,21,22)(H,24,25)/t16-/m1/s1. The summed E-state index contributed by atoms with van der Waals surface area (Å²) in [5.41, 5.74) is 0.798. The first-order valence-corrected chi connectivity index (χ1v) is 10.2. The molecule has 1 aromatic heterocycles. The summed E-state index contributed by atoms with van der Waals surface area (Å²) >= 11 is 2.70. The molecule has 1 aliphatic carbocycles. The Labute approximate surface area is 163 Å². The summed E-state index contributed by atoms with van der Waals surface area (Å²) in [6, 6.07) is 4.26. The van der Waals surface area contributed by atoms with Gasteiger partial charge in [-0.15, -0.1) is 0 Å². The molecule has 1 atom stereocenters. The minimum absolute atomic E-state index is 0.343. The van der Waals surface area contributed by atoms with Crippen molar-refractivity contribution in [2.45, 2.75) is 54.5 Å². The quantitative estimate of drug-likeness (QED) is 0.302. The second-order valence-corrected chi connectivity index (χ2v) is 9.06. The van der Waals surface area contributed by atoms with E-state index in [1.165, 1.54) is 51.5 Å². The zero-order valence-electron chi connectivity index (χ0n) is 14.5. The molecule has 3 rings (SSSR count). The number of piperidine rings is 1. The molecule has 0 spiro atoms. The molecule has 6 heteroatoms. The first-order valence-electron chi connectivity index (χ1n) is 9.13. The number of halogens is 1. The molecule has 1 saturated heterocycles. The fourth-order valence-electron chi connectivity index (χ4n) is 3.83. The van der Waals surface area contributed by atoms with Crippen LogP contribution in [0.25, 0.3) is 6.08 Å². The van der Waals surface area contributed by atoms with Crippen molar-refractivity contribution in [1.29, 1.82) is 0 Å². The van der Waals surface area contributed by atoms with E-state index in [1.54, 1.807) is 12.3 Å². The number of nitrogens with one attached hydrogen (secondary N) is 1. The maximum atomic E-state index is 10.6. The van der Waals surface area contributed by atoms with Crippen LogP contribution in [0.15, 0.2) is 24.4 Å². The molecule has 2 heterocycles. The molecular weight excluding hydrogens is 429 g/mol. The lowest BCUT2D eigenvalue weighted by Crippen LogP contribution is -2.52. The first-order chi connectivity index (χ1) is 12.0. The van der Waals surface area contributed by atoms with Gasteiger partial charge < -0.3 is 10.4 Å². The Hall–Kier alpha value is -1.15. The summed E-state index contributed by atoms with van der Waals surface area (Å²) in [5.74, 6) is -0.0783. The van der Waals surface area contributed by atoms with Gasteiger partial charge in [0.05, 0.1) is 3.55 Å². The predicted molar refractivity (Wildman–Crippen MR) is 109 cm³/mol. The van der Waals surface area contributed by atoms with Crippen LogP contribution in [0.2, 0.25) is 0 Å². The molecule has 1 saturated carbocycles. The lowest BCUT2D eigenvalue weighted by atomic mass is 9.92. The molecule has 0 unspecified atom stereocenters. The maximum absolute atomic E-state index is 10.6. The number of hydrogen-bond acceptors (Lipinski definition) is 4. The number of rotatable bonds is 5. The van der Waals surface area contributed by atoms with Crippen LogP contribution in [0.3, 0.4) is 0 Å². The Morgan fingerprint density at radius 2 is 2.12 bits per heavy atom. The van der Waals surface area contributed by atoms with Crippen LogP contribution in [0.1, 0.15) is 50.5 Å². The Morgan fingerprint density at radius 3 is 2.80 bits per heavy atom. The Balaban J connectivity index is 1.58. The molecule has 2 aliphatic rings. The number of pyridine rings is 1. The molecule has 0 aromatic carbocycles. The average molecular weight is 455 g/mol. The topological polar surface area (TPSA) is 65.5 Å². The maximum Gasteiger partial charge on any atom is 0.328 e. The number of aromatic nitrogens is 1. The summed E-state index contributed by atoms with van der Waals surface area (Å²) < 4.78 is 0.343. The van der Waals surface area contributed by atoms with Gasteiger partial charge in [0.25, 0.3) is 0 Å². The van der Waals surface area contributed by atoms with Crippen molar-refractivity contribution in [3.05, 3.63) is 30.0 Å². The number of alkyl halides is 1. The molecule has 1 aliphatic heterocycles. The highest BCUT2D eigenvalue weighted by Crippen LogP contribution is 2.40. The summed E-state index contributed by atoms with van der Waals surface area (Å²) in [7, 11) is 0. The Morgan fingerprint density at radius 1 is 1.32 bits per heavy atom. The van der Waals surface area contributed by atoms with Gasteiger partial charge in [0.2, 0.25) is 0 Å². The molecule has 0 amide bonds. The lowest BCUT2D eigenvalue weighted by Gasteiger charge is -2.46. The van der Waals surface area contributed by atoms with Crippen molar-refractivity contribution in [1.82, 2.24) is 9.88 Å². The molecule has 5 nitrogen and oxygen atoms in total. The van der Waals surface area contributed by atoms with Gasteiger partial charge in [-0.3, -0.25) is 4.90 Å². The molecular formula is C19H26IN3O2. The van der Waals surface area contributed by atoms with Crippen LogP contribution in [-0.2, 0) is 4.79 Å². The van der Waals surface area contributed by atoms with Gasteiger partial charge in [0.15, 0.2) is 0 Å². The largest absolute Gasteiger partial charge is 0.478 e. The number of hydrogen-bond donors (Lipinski definition) is 2. The molecule has 0 radical (unpaired) electrons. The zero-order valence-corrected chi connectivity index (χ0v) is 16.6. The van der Waals surface area contributed by atoms with Gasteiger partial charge in [-0.2, -0.15) is 0 Å². The highest BCUT2D eigenvalue weighted by Gasteiger charge is 2.37. The van der Waals surface area contributed by atoms with Gasteiger partial charge in [-0.05, 0) is 56.0 Å². The van der Waals surface area contributed by atoms with E-state index in [0.29, 0.717) is 9.59 Å². The number of carboxylic acid groups (broad SMARTS) is 1. The molecule has 2 fully saturated rings. The third kappa shape index (κ3) is 5.17. The average Bonchev–Trinajstić information content (AvgIpc) is 2.62. The van der Waals surface area contributed by atoms with E-state index >= 15 is 0 Å². The number of likely N-dealkylation sites (tertiary alicyclic amines) is 1. The highest BCUT2D eigenvalue weighted by molar-refractivity contribution is 14.1. The van der Waals surface area contributed by atoms with E-state index in [9.17, 15) is 4.79 Å². The minimum atomic E-state index is -0.945. The second kappa shape index (κ2) is 8.49. The molecule has 136 valence electrons. The third-order valence-electron chi connectivity index (χ3n) is 5.16. The SMILES string of the molecule is O=C(O)C=Cc1ccc(N[C@@H]2CCCN(C3(I)CCCCC3)C2)nc1. The Kier molecular flexibility index (Phi) is 6.33. The van der Waals surface area contributed by atoms with Crippen LogP contribution in [0.5, 0.6) is 0 Å². The van der Waals surface area contributed by atoms with E-state index in [4.69, 9.17) is 5.11 Å². The van der Waals surface area contributed by atoms with Crippen molar-refractivity contribution in [3.63, 3.8) is 0 Å². The number of aliphatic carboxylic acids is 1. The highest BCUT2D eigenvalue weighted by atomic mass is 127. The number of carbonyl (C=O) groups is 1. The van der Waals surface area contributed by atoms with Crippen molar-refractivity contribution >= 4 is 40.5 Å². The lowest BCUT2D eigenvalue weighted by molar-refractivity contribution is -0.131. The van der Waals surface area contributed by atoms with Crippen LogP contribution in [0, 0.1) is 0 Å². The zero-order chi connectivity index (χ0) is 17.7. The van der Waals surface area contributed by atoms with Crippen molar-refractivity contribution in [2.75, 3.05) is 18.4 Å². The molecule has 1 aromatic rings. The molecule has 0 bridgehead atoms. The predicted octanol–water partition coefficient (Wildman–Crippen LogP) is 4.15. The van der Waals surface area contributed by atoms with Gasteiger partial charge >= 0.3 is 5.97 Å². The second-order valence-electron chi connectivity index (χ2n) is 7.06. The van der Waals surface area contributed by atoms with Gasteiger partial charge in [0.1, 0.15) is 5.82 Å². The third-order valence-corrected chi connectivity index (χ3v) is 6.93. The first kappa shape index (κ1) is 18.6. The number of carboxylic acids is 1. The monoisotopic (exact) mass is 455 g/mol. The normalized spacial score (nSPS) is 24.3. The molecule has 2 N–H and O–H groups in total. The van der Waals surface area contributed by atoms with Crippen molar-refractivity contribution in [2.24, 2.45) is 0 Å². The van der Waals surface area contributed by atoms with Crippen LogP contribution in [-0.4, -0.2) is 43.6 Å². The summed E-state index contributed by atoms with van der Waals surface area (Å²) in [4.78, 5) is 17.7. The van der Waals surface area contributed by atoms with E-state index < -0.39 is 5.97 Å². The van der Waals surface area contributed by atoms with Gasteiger partial charge in [-0.1, -0.05) is 41.9 Å². The van der Waals surface area contributed by atoms with E-state index in [1.807, 2.05) is 12.1 Å². The van der Waals surface area contributed by atoms with Gasteiger partial charge in [0, 0.05) is 24.9 Å². The fraction of sp³-hybridized carbons (Fsp3) is 0.579. The van der Waals surface area contributed by atoms with Crippen LogP contribution < -0.4 is 5.32 Å². The smallest absolute Gasteiger partial charge is 0.328 e. The fourth-order valence-corrected chi connectivity index (χ4v) is 5.04. The minimum Gasteiger partial charge on any atom is -0.478 e. The van der Waals surface area contributed by atoms with E-state index in [-0.39, 0.29) is 0 Å². The van der Waals surface area contributed by atoms with Crippen LogP contribution in [0.4, 0.5) is 5.82 Å². The van der Waals surface area contributed by atoms with E-state index in [0.717, 1.165) is 24.0 Å². The van der Waals surface area contributed by atoms with E-state index in [2.05, 4.69) is 37.8 Å². The van der Waals surface area contributed by atoms with Crippen molar-refractivity contribution in [3.8, 4) is 0 Å². The van der Waals surface area contributed by atoms with Gasteiger partial charge in [-0.25, -0.2) is 9.78 Å².